The molecule has 3 aromatic rings. The van der Waals surface area contributed by atoms with Gasteiger partial charge in [-0.15, -0.1) is 0 Å². The Morgan fingerprint density at radius 2 is 1.89 bits per heavy atom. The van der Waals surface area contributed by atoms with Gasteiger partial charge in [0.1, 0.15) is 10.6 Å². The van der Waals surface area contributed by atoms with Gasteiger partial charge in [-0.3, -0.25) is 0 Å². The Morgan fingerprint density at radius 1 is 1.11 bits per heavy atom. The van der Waals surface area contributed by atoms with E-state index < -0.39 is 10.0 Å². The molecule has 1 radical (unpaired) electrons. The lowest BCUT2D eigenvalue weighted by Gasteiger charge is -2.23. The lowest BCUT2D eigenvalue weighted by atomic mass is 9.96. The van der Waals surface area contributed by atoms with Gasteiger partial charge in [0.15, 0.2) is 0 Å². The highest BCUT2D eigenvalue weighted by atomic mass is 32.2. The smallest absolute Gasteiger partial charge is 0.244 e. The van der Waals surface area contributed by atoms with Gasteiger partial charge in [-0.25, -0.2) is 13.1 Å². The van der Waals surface area contributed by atoms with Crippen molar-refractivity contribution in [3.63, 3.8) is 0 Å². The highest BCUT2D eigenvalue weighted by Gasteiger charge is 2.25. The Bertz CT molecular complexity index is 1020. The van der Waals surface area contributed by atoms with E-state index in [2.05, 4.69) is 15.8 Å². The fraction of sp³-hybridized carbons (Fsp3) is 0.333. The SMILES string of the molecule is COc1ccc(-c2[c]c3ccccc3[nH]2)cc1S(=O)(=O)NC1CCCCC1. The topological polar surface area (TPSA) is 71.2 Å². The first-order valence-corrected chi connectivity index (χ1v) is 10.8. The van der Waals surface area contributed by atoms with E-state index in [4.69, 9.17) is 4.74 Å². The van der Waals surface area contributed by atoms with Crippen LogP contribution in [0.2, 0.25) is 0 Å². The summed E-state index contributed by atoms with van der Waals surface area (Å²) in [5, 5.41) is 0.966. The molecule has 1 aliphatic rings. The summed E-state index contributed by atoms with van der Waals surface area (Å²) < 4.78 is 34.2. The van der Waals surface area contributed by atoms with Crippen LogP contribution in [-0.2, 0) is 10.0 Å². The van der Waals surface area contributed by atoms with Crippen molar-refractivity contribution >= 4 is 20.9 Å². The molecule has 4 rings (SSSR count). The van der Waals surface area contributed by atoms with E-state index in [0.717, 1.165) is 47.8 Å². The number of sulfonamides is 1. The van der Waals surface area contributed by atoms with Gasteiger partial charge in [-0.05, 0) is 37.1 Å². The molecular weight excluding hydrogens is 360 g/mol. The van der Waals surface area contributed by atoms with Crippen LogP contribution < -0.4 is 9.46 Å². The highest BCUT2D eigenvalue weighted by molar-refractivity contribution is 7.89. The average Bonchev–Trinajstić information content (AvgIpc) is 3.12. The van der Waals surface area contributed by atoms with Gasteiger partial charge in [-0.2, -0.15) is 0 Å². The Balaban J connectivity index is 1.71. The molecule has 6 heteroatoms. The predicted molar refractivity (Wildman–Crippen MR) is 106 cm³/mol. The van der Waals surface area contributed by atoms with Crippen LogP contribution in [0.5, 0.6) is 5.75 Å². The third-order valence-electron chi connectivity index (χ3n) is 5.12. The number of rotatable bonds is 5. The minimum atomic E-state index is -3.67. The van der Waals surface area contributed by atoms with Crippen LogP contribution >= 0.6 is 0 Å². The van der Waals surface area contributed by atoms with Crippen LogP contribution in [0.15, 0.2) is 47.4 Å². The molecule has 0 amide bonds. The van der Waals surface area contributed by atoms with Crippen LogP contribution in [0, 0.1) is 6.07 Å². The monoisotopic (exact) mass is 383 g/mol. The molecular formula is C21H23N2O3S. The van der Waals surface area contributed by atoms with Crippen LogP contribution in [-0.4, -0.2) is 26.6 Å². The summed E-state index contributed by atoms with van der Waals surface area (Å²) in [5.74, 6) is 0.346. The lowest BCUT2D eigenvalue weighted by molar-refractivity contribution is 0.397. The standard InChI is InChI=1S/C21H23N2O3S/c1-26-20-12-11-16(19-13-15-7-5-6-10-18(15)22-19)14-21(20)27(24,25)23-17-8-3-2-4-9-17/h5-7,10-12,14,17,22-23H,2-4,8-9H2,1H3. The van der Waals surface area contributed by atoms with Crippen molar-refractivity contribution in [1.82, 2.24) is 9.71 Å². The number of nitrogens with one attached hydrogen (secondary N) is 2. The van der Waals surface area contributed by atoms with E-state index in [0.29, 0.717) is 5.75 Å². The van der Waals surface area contributed by atoms with Gasteiger partial charge in [0.05, 0.1) is 12.8 Å². The molecule has 2 aromatic carbocycles. The Labute approximate surface area is 159 Å². The maximum Gasteiger partial charge on any atom is 0.244 e. The molecule has 0 spiro atoms. The molecule has 1 aliphatic carbocycles. The summed E-state index contributed by atoms with van der Waals surface area (Å²) >= 11 is 0. The van der Waals surface area contributed by atoms with E-state index in [-0.39, 0.29) is 10.9 Å². The third kappa shape index (κ3) is 3.73. The molecule has 27 heavy (non-hydrogen) atoms. The molecule has 141 valence electrons. The maximum atomic E-state index is 13.0. The fourth-order valence-corrected chi connectivity index (χ4v) is 5.19. The number of aromatic amines is 1. The fourth-order valence-electron chi connectivity index (χ4n) is 3.69. The number of aromatic nitrogens is 1. The first kappa shape index (κ1) is 18.1. The second-order valence-corrected chi connectivity index (χ2v) is 8.67. The van der Waals surface area contributed by atoms with E-state index >= 15 is 0 Å². The second-order valence-electron chi connectivity index (χ2n) is 6.99. The predicted octanol–water partition coefficient (Wildman–Crippen LogP) is 4.25. The zero-order valence-electron chi connectivity index (χ0n) is 15.3. The number of hydrogen-bond donors (Lipinski definition) is 2. The number of hydrogen-bond acceptors (Lipinski definition) is 3. The first-order valence-electron chi connectivity index (χ1n) is 9.27. The van der Waals surface area contributed by atoms with E-state index in [1.165, 1.54) is 13.5 Å². The molecule has 0 unspecified atom stereocenters. The van der Waals surface area contributed by atoms with E-state index in [1.807, 2.05) is 30.3 Å². The molecule has 5 nitrogen and oxygen atoms in total. The largest absolute Gasteiger partial charge is 0.495 e. The lowest BCUT2D eigenvalue weighted by Crippen LogP contribution is -2.36. The van der Waals surface area contributed by atoms with Gasteiger partial charge in [-0.1, -0.05) is 37.5 Å². The third-order valence-corrected chi connectivity index (χ3v) is 6.66. The molecule has 1 aromatic heterocycles. The second kappa shape index (κ2) is 7.37. The van der Waals surface area contributed by atoms with Crippen molar-refractivity contribution < 1.29 is 13.2 Å². The summed E-state index contributed by atoms with van der Waals surface area (Å²) in [7, 11) is -2.18. The minimum Gasteiger partial charge on any atom is -0.495 e. The molecule has 0 saturated heterocycles. The average molecular weight is 383 g/mol. The summed E-state index contributed by atoms with van der Waals surface area (Å²) in [4.78, 5) is 3.46. The number of ether oxygens (including phenoxy) is 1. The van der Waals surface area contributed by atoms with E-state index in [9.17, 15) is 8.42 Å². The molecule has 2 N–H and O–H groups in total. The maximum absolute atomic E-state index is 13.0. The number of benzene rings is 2. The zero-order chi connectivity index (χ0) is 18.9. The highest BCUT2D eigenvalue weighted by Crippen LogP contribution is 2.31. The first-order chi connectivity index (χ1) is 13.1. The Morgan fingerprint density at radius 3 is 2.63 bits per heavy atom. The van der Waals surface area contributed by atoms with Gasteiger partial charge in [0, 0.05) is 28.6 Å². The zero-order valence-corrected chi connectivity index (χ0v) is 16.1. The summed E-state index contributed by atoms with van der Waals surface area (Å²) in [6.07, 6.45) is 5.07. The Hall–Kier alpha value is -2.31. The number of para-hydroxylation sites is 1. The van der Waals surface area contributed by atoms with Crippen molar-refractivity contribution in [2.75, 3.05) is 7.11 Å². The van der Waals surface area contributed by atoms with E-state index in [1.54, 1.807) is 12.1 Å². The van der Waals surface area contributed by atoms with Crippen LogP contribution in [0.25, 0.3) is 22.2 Å². The van der Waals surface area contributed by atoms with Gasteiger partial charge in [0.2, 0.25) is 10.0 Å². The van der Waals surface area contributed by atoms with Gasteiger partial charge in [0.25, 0.3) is 0 Å². The van der Waals surface area contributed by atoms with Gasteiger partial charge >= 0.3 is 0 Å². The van der Waals surface area contributed by atoms with Crippen LogP contribution in [0.3, 0.4) is 0 Å². The van der Waals surface area contributed by atoms with Crippen molar-refractivity contribution in [3.8, 4) is 17.0 Å². The molecule has 0 aliphatic heterocycles. The molecule has 1 saturated carbocycles. The number of fused-ring (bicyclic) bond motifs is 1. The van der Waals surface area contributed by atoms with Crippen molar-refractivity contribution in [3.05, 3.63) is 48.5 Å². The minimum absolute atomic E-state index is 0.00301. The molecule has 1 heterocycles. The van der Waals surface area contributed by atoms with Crippen molar-refractivity contribution in [2.24, 2.45) is 0 Å². The van der Waals surface area contributed by atoms with Crippen LogP contribution in [0.4, 0.5) is 0 Å². The van der Waals surface area contributed by atoms with Crippen molar-refractivity contribution in [1.29, 1.82) is 0 Å². The van der Waals surface area contributed by atoms with Gasteiger partial charge < -0.3 is 9.72 Å². The van der Waals surface area contributed by atoms with Crippen LogP contribution in [0.1, 0.15) is 32.1 Å². The number of methoxy groups -OCH3 is 1. The normalized spacial score (nSPS) is 15.9. The summed E-state index contributed by atoms with van der Waals surface area (Å²) in [6, 6.07) is 16.4. The van der Waals surface area contributed by atoms with Crippen molar-refractivity contribution in [2.45, 2.75) is 43.0 Å². The Kier molecular flexibility index (Phi) is 4.93. The molecule has 1 fully saturated rings. The summed E-state index contributed by atoms with van der Waals surface area (Å²) in [5.41, 5.74) is 2.48. The molecule has 0 bridgehead atoms. The quantitative estimate of drug-likeness (QED) is 0.692. The number of H-pyrrole nitrogens is 1. The molecule has 0 atom stereocenters. The summed E-state index contributed by atoms with van der Waals surface area (Å²) in [6.45, 7) is 0.